The standard InChI is InChI=1S/C24H29N5/c1-25-23-15-21(27-24(28-23)22-9-6-14-26-22)17-29(2)16-18-10-12-20(13-11-18)19-7-4-3-5-8-19/h3-5,7-8,10-13,15,22,26H,6,9,14,16-17H2,1-2H3,(H,25,27,28)/t22-/m0/s1. The van der Waals surface area contributed by atoms with Gasteiger partial charge in [0.1, 0.15) is 11.6 Å². The zero-order valence-corrected chi connectivity index (χ0v) is 17.2. The van der Waals surface area contributed by atoms with Crippen molar-refractivity contribution in [2.45, 2.75) is 32.0 Å². The maximum absolute atomic E-state index is 4.84. The van der Waals surface area contributed by atoms with Gasteiger partial charge in [-0.25, -0.2) is 9.97 Å². The molecular weight excluding hydrogens is 358 g/mol. The van der Waals surface area contributed by atoms with Gasteiger partial charge in [0.05, 0.1) is 11.7 Å². The highest BCUT2D eigenvalue weighted by Crippen LogP contribution is 2.23. The molecular formula is C24H29N5. The van der Waals surface area contributed by atoms with Crippen molar-refractivity contribution in [3.8, 4) is 11.1 Å². The third-order valence-corrected chi connectivity index (χ3v) is 5.37. The predicted octanol–water partition coefficient (Wildman–Crippen LogP) is 4.24. The maximum atomic E-state index is 4.84. The van der Waals surface area contributed by atoms with Crippen molar-refractivity contribution in [2.24, 2.45) is 0 Å². The van der Waals surface area contributed by atoms with Crippen molar-refractivity contribution in [1.82, 2.24) is 20.2 Å². The zero-order valence-electron chi connectivity index (χ0n) is 17.2. The van der Waals surface area contributed by atoms with Crippen molar-refractivity contribution in [3.05, 3.63) is 77.7 Å². The van der Waals surface area contributed by atoms with E-state index in [2.05, 4.69) is 76.1 Å². The molecule has 0 unspecified atom stereocenters. The normalized spacial score (nSPS) is 16.3. The molecule has 0 amide bonds. The molecule has 2 heterocycles. The fraction of sp³-hybridized carbons (Fsp3) is 0.333. The van der Waals surface area contributed by atoms with Crippen LogP contribution in [0.1, 0.15) is 36.0 Å². The highest BCUT2D eigenvalue weighted by atomic mass is 15.1. The molecule has 29 heavy (non-hydrogen) atoms. The number of hydrogen-bond acceptors (Lipinski definition) is 5. The molecule has 2 aromatic carbocycles. The average molecular weight is 388 g/mol. The van der Waals surface area contributed by atoms with E-state index in [1.165, 1.54) is 23.1 Å². The van der Waals surface area contributed by atoms with Crippen LogP contribution in [0.2, 0.25) is 0 Å². The number of nitrogens with one attached hydrogen (secondary N) is 2. The Morgan fingerprint density at radius 3 is 2.45 bits per heavy atom. The van der Waals surface area contributed by atoms with E-state index in [4.69, 9.17) is 4.98 Å². The molecule has 0 bridgehead atoms. The van der Waals surface area contributed by atoms with E-state index in [9.17, 15) is 0 Å². The van der Waals surface area contributed by atoms with Crippen molar-refractivity contribution >= 4 is 5.82 Å². The molecule has 1 aliphatic rings. The predicted molar refractivity (Wildman–Crippen MR) is 119 cm³/mol. The summed E-state index contributed by atoms with van der Waals surface area (Å²) in [7, 11) is 4.05. The van der Waals surface area contributed by atoms with Crippen LogP contribution in [0.5, 0.6) is 0 Å². The van der Waals surface area contributed by atoms with Gasteiger partial charge in [0.15, 0.2) is 0 Å². The van der Waals surface area contributed by atoms with E-state index < -0.39 is 0 Å². The average Bonchev–Trinajstić information content (AvgIpc) is 3.29. The first-order valence-electron chi connectivity index (χ1n) is 10.3. The smallest absolute Gasteiger partial charge is 0.147 e. The minimum absolute atomic E-state index is 0.276. The molecule has 0 radical (unpaired) electrons. The summed E-state index contributed by atoms with van der Waals surface area (Å²) in [4.78, 5) is 11.8. The summed E-state index contributed by atoms with van der Waals surface area (Å²) >= 11 is 0. The van der Waals surface area contributed by atoms with Gasteiger partial charge in [-0.1, -0.05) is 54.6 Å². The van der Waals surface area contributed by atoms with Gasteiger partial charge in [0.2, 0.25) is 0 Å². The summed E-state index contributed by atoms with van der Waals surface area (Å²) in [5.74, 6) is 1.80. The van der Waals surface area contributed by atoms with Crippen LogP contribution in [0, 0.1) is 0 Å². The van der Waals surface area contributed by atoms with Crippen molar-refractivity contribution in [2.75, 3.05) is 26.0 Å². The van der Waals surface area contributed by atoms with Gasteiger partial charge >= 0.3 is 0 Å². The molecule has 0 spiro atoms. The SMILES string of the molecule is CNc1cc(CN(C)Cc2ccc(-c3ccccc3)cc2)nc([C@@H]2CCCN2)n1. The van der Waals surface area contributed by atoms with Crippen LogP contribution >= 0.6 is 0 Å². The van der Waals surface area contributed by atoms with E-state index in [1.54, 1.807) is 0 Å². The molecule has 5 heteroatoms. The highest BCUT2D eigenvalue weighted by molar-refractivity contribution is 5.63. The first kappa shape index (κ1) is 19.6. The summed E-state index contributed by atoms with van der Waals surface area (Å²) in [5.41, 5.74) is 4.85. The number of anilines is 1. The molecule has 1 saturated heterocycles. The molecule has 0 saturated carbocycles. The molecule has 1 atom stereocenters. The monoisotopic (exact) mass is 387 g/mol. The number of rotatable bonds is 7. The topological polar surface area (TPSA) is 53.1 Å². The lowest BCUT2D eigenvalue weighted by Crippen LogP contribution is -2.21. The van der Waals surface area contributed by atoms with Crippen molar-refractivity contribution in [1.29, 1.82) is 0 Å². The van der Waals surface area contributed by atoms with E-state index in [0.717, 1.165) is 43.4 Å². The van der Waals surface area contributed by atoms with Gasteiger partial charge in [-0.15, -0.1) is 0 Å². The first-order chi connectivity index (χ1) is 14.2. The molecule has 4 rings (SSSR count). The van der Waals surface area contributed by atoms with E-state index in [-0.39, 0.29) is 6.04 Å². The molecule has 5 nitrogen and oxygen atoms in total. The third-order valence-electron chi connectivity index (χ3n) is 5.37. The van der Waals surface area contributed by atoms with Crippen LogP contribution < -0.4 is 10.6 Å². The van der Waals surface area contributed by atoms with Crippen LogP contribution in [0.3, 0.4) is 0 Å². The number of nitrogens with zero attached hydrogens (tertiary/aromatic N) is 3. The Hall–Kier alpha value is -2.76. The second-order valence-corrected chi connectivity index (χ2v) is 7.74. The molecule has 2 N–H and O–H groups in total. The maximum Gasteiger partial charge on any atom is 0.147 e. The van der Waals surface area contributed by atoms with Gasteiger partial charge in [0.25, 0.3) is 0 Å². The van der Waals surface area contributed by atoms with Gasteiger partial charge < -0.3 is 10.6 Å². The Kier molecular flexibility index (Phi) is 6.17. The zero-order chi connectivity index (χ0) is 20.1. The molecule has 1 aromatic heterocycles. The number of hydrogen-bond donors (Lipinski definition) is 2. The minimum Gasteiger partial charge on any atom is -0.373 e. The van der Waals surface area contributed by atoms with Crippen LogP contribution in [0.15, 0.2) is 60.7 Å². The van der Waals surface area contributed by atoms with Gasteiger partial charge in [0, 0.05) is 26.2 Å². The summed E-state index contributed by atoms with van der Waals surface area (Å²) in [5, 5.41) is 6.68. The Morgan fingerprint density at radius 2 is 1.76 bits per heavy atom. The second-order valence-electron chi connectivity index (χ2n) is 7.74. The molecule has 3 aromatic rings. The van der Waals surface area contributed by atoms with E-state index in [1.807, 2.05) is 19.2 Å². The molecule has 150 valence electrons. The quantitative estimate of drug-likeness (QED) is 0.635. The van der Waals surface area contributed by atoms with Crippen molar-refractivity contribution in [3.63, 3.8) is 0 Å². The van der Waals surface area contributed by atoms with Crippen LogP contribution in [0.25, 0.3) is 11.1 Å². The third kappa shape index (κ3) is 5.00. The Morgan fingerprint density at radius 1 is 1.00 bits per heavy atom. The van der Waals surface area contributed by atoms with Crippen LogP contribution in [-0.4, -0.2) is 35.5 Å². The van der Waals surface area contributed by atoms with Gasteiger partial charge in [-0.2, -0.15) is 0 Å². The lowest BCUT2D eigenvalue weighted by Gasteiger charge is -2.18. The fourth-order valence-corrected chi connectivity index (χ4v) is 3.87. The molecule has 1 aliphatic heterocycles. The lowest BCUT2D eigenvalue weighted by molar-refractivity contribution is 0.314. The first-order valence-corrected chi connectivity index (χ1v) is 10.3. The van der Waals surface area contributed by atoms with Crippen molar-refractivity contribution < 1.29 is 0 Å². The summed E-state index contributed by atoms with van der Waals surface area (Å²) in [6.45, 7) is 2.72. The van der Waals surface area contributed by atoms with Gasteiger partial charge in [-0.3, -0.25) is 4.90 Å². The highest BCUT2D eigenvalue weighted by Gasteiger charge is 2.20. The van der Waals surface area contributed by atoms with E-state index in [0.29, 0.717) is 0 Å². The van der Waals surface area contributed by atoms with Crippen LogP contribution in [0.4, 0.5) is 5.82 Å². The summed E-state index contributed by atoms with van der Waals surface area (Å²) in [6, 6.07) is 21.6. The fourth-order valence-electron chi connectivity index (χ4n) is 3.87. The molecule has 1 fully saturated rings. The Labute approximate surface area is 173 Å². The number of aromatic nitrogens is 2. The Balaban J connectivity index is 1.42. The molecule has 0 aliphatic carbocycles. The summed E-state index contributed by atoms with van der Waals surface area (Å²) in [6.07, 6.45) is 2.29. The lowest BCUT2D eigenvalue weighted by atomic mass is 10.0. The van der Waals surface area contributed by atoms with Gasteiger partial charge in [-0.05, 0) is 43.1 Å². The minimum atomic E-state index is 0.276. The largest absolute Gasteiger partial charge is 0.373 e. The second kappa shape index (κ2) is 9.16. The Bertz CT molecular complexity index is 918. The summed E-state index contributed by atoms with van der Waals surface area (Å²) < 4.78 is 0. The van der Waals surface area contributed by atoms with E-state index >= 15 is 0 Å². The van der Waals surface area contributed by atoms with Crippen LogP contribution in [-0.2, 0) is 13.1 Å². The number of benzene rings is 2.